The number of carbonyl (C=O) groups is 2. The summed E-state index contributed by atoms with van der Waals surface area (Å²) >= 11 is 0.417. The minimum Gasteiger partial charge on any atom is -0.322 e. The lowest BCUT2D eigenvalue weighted by atomic mass is 10.1. The van der Waals surface area contributed by atoms with Gasteiger partial charge < -0.3 is 5.32 Å². The number of rotatable bonds is 3. The fraction of sp³-hybridized carbons (Fsp3) is 0.125. The largest absolute Gasteiger partial charge is 0.412 e. The van der Waals surface area contributed by atoms with Crippen molar-refractivity contribution in [3.63, 3.8) is 0 Å². The number of halogens is 3. The van der Waals surface area contributed by atoms with Crippen molar-refractivity contribution in [2.75, 3.05) is 0 Å². The van der Waals surface area contributed by atoms with Gasteiger partial charge in [-0.15, -0.1) is 0 Å². The number of benzene rings is 2. The number of alkyl halides is 3. The predicted octanol–water partition coefficient (Wildman–Crippen LogP) is 4.08. The van der Waals surface area contributed by atoms with E-state index >= 15 is 0 Å². The van der Waals surface area contributed by atoms with E-state index in [1.54, 1.807) is 24.3 Å². The summed E-state index contributed by atoms with van der Waals surface area (Å²) in [6.07, 6.45) is -4.66. The smallest absolute Gasteiger partial charge is 0.322 e. The summed E-state index contributed by atoms with van der Waals surface area (Å²) in [4.78, 5) is 23.5. The molecule has 0 spiro atoms. The summed E-state index contributed by atoms with van der Waals surface area (Å²) in [5.41, 5.74) is 0.234. The van der Waals surface area contributed by atoms with Crippen LogP contribution < -0.4 is 10.0 Å². The van der Waals surface area contributed by atoms with Gasteiger partial charge in [-0.05, 0) is 5.56 Å². The van der Waals surface area contributed by atoms with Crippen molar-refractivity contribution in [1.82, 2.24) is 10.0 Å². The second-order valence-electron chi connectivity index (χ2n) is 4.72. The molecule has 2 rings (SSSR count). The summed E-state index contributed by atoms with van der Waals surface area (Å²) in [5.74, 6) is 0. The van der Waals surface area contributed by atoms with Crippen LogP contribution in [0, 0.1) is 0 Å². The van der Waals surface area contributed by atoms with Crippen LogP contribution in [0.5, 0.6) is 0 Å². The van der Waals surface area contributed by atoms with E-state index in [0.29, 0.717) is 17.5 Å². The van der Waals surface area contributed by atoms with E-state index in [0.717, 1.165) is 0 Å². The first-order valence-electron chi connectivity index (χ1n) is 6.82. The molecule has 24 heavy (non-hydrogen) atoms. The van der Waals surface area contributed by atoms with Crippen molar-refractivity contribution in [2.24, 2.45) is 0 Å². The van der Waals surface area contributed by atoms with Crippen LogP contribution in [0.3, 0.4) is 0 Å². The molecule has 0 saturated carbocycles. The van der Waals surface area contributed by atoms with Crippen LogP contribution in [0.25, 0.3) is 0 Å². The van der Waals surface area contributed by atoms with Crippen LogP contribution in [0.2, 0.25) is 0 Å². The average molecular weight is 354 g/mol. The second-order valence-corrected chi connectivity index (χ2v) is 5.50. The molecule has 1 atom stereocenters. The molecule has 2 aromatic carbocycles. The molecule has 4 nitrogen and oxygen atoms in total. The number of hydrogen-bond donors (Lipinski definition) is 2. The monoisotopic (exact) mass is 354 g/mol. The van der Waals surface area contributed by atoms with Crippen LogP contribution in [0.1, 0.15) is 22.0 Å². The second kappa shape index (κ2) is 7.87. The third kappa shape index (κ3) is 5.02. The molecular formula is C16H13F3N2O2S. The van der Waals surface area contributed by atoms with Gasteiger partial charge >= 0.3 is 12.2 Å². The number of carbonyl (C=O) groups excluding carboxylic acids is 2. The molecule has 0 aliphatic heterocycles. The van der Waals surface area contributed by atoms with Crippen molar-refractivity contribution >= 4 is 23.1 Å². The fourth-order valence-electron chi connectivity index (χ4n) is 1.89. The Morgan fingerprint density at radius 2 is 1.46 bits per heavy atom. The normalized spacial score (nSPS) is 12.3. The highest BCUT2D eigenvalue weighted by atomic mass is 32.2. The lowest BCUT2D eigenvalue weighted by Crippen LogP contribution is -2.41. The first-order valence-corrected chi connectivity index (χ1v) is 7.64. The molecule has 0 heterocycles. The molecule has 0 fully saturated rings. The van der Waals surface area contributed by atoms with Gasteiger partial charge in [0.25, 0.3) is 0 Å². The van der Waals surface area contributed by atoms with E-state index in [1.807, 2.05) is 5.32 Å². The van der Waals surface area contributed by atoms with Gasteiger partial charge in [-0.1, -0.05) is 60.7 Å². The molecule has 8 heteroatoms. The number of hydrogen-bond acceptors (Lipinski definition) is 3. The highest BCUT2D eigenvalue weighted by Crippen LogP contribution is 2.32. The summed E-state index contributed by atoms with van der Waals surface area (Å²) in [7, 11) is 0. The topological polar surface area (TPSA) is 58.2 Å². The van der Waals surface area contributed by atoms with E-state index in [1.165, 1.54) is 36.4 Å². The minimum absolute atomic E-state index is 0.0977. The summed E-state index contributed by atoms with van der Waals surface area (Å²) < 4.78 is 41.4. The van der Waals surface area contributed by atoms with Crippen molar-refractivity contribution in [3.8, 4) is 0 Å². The van der Waals surface area contributed by atoms with Gasteiger partial charge in [0.15, 0.2) is 6.04 Å². The zero-order chi connectivity index (χ0) is 17.6. The van der Waals surface area contributed by atoms with E-state index in [9.17, 15) is 22.8 Å². The molecule has 1 unspecified atom stereocenters. The van der Waals surface area contributed by atoms with E-state index in [2.05, 4.69) is 4.72 Å². The third-order valence-corrected chi connectivity index (χ3v) is 3.69. The molecule has 0 aromatic heterocycles. The number of nitrogens with one attached hydrogen (secondary N) is 2. The van der Waals surface area contributed by atoms with Gasteiger partial charge in [-0.25, -0.2) is 4.79 Å². The Labute approximate surface area is 140 Å². The van der Waals surface area contributed by atoms with Gasteiger partial charge in [-0.2, -0.15) is 13.2 Å². The Balaban J connectivity index is 1.97. The molecule has 0 bridgehead atoms. The fourth-order valence-corrected chi connectivity index (χ4v) is 2.38. The highest BCUT2D eigenvalue weighted by molar-refractivity contribution is 8.12. The van der Waals surface area contributed by atoms with Gasteiger partial charge in [0.2, 0.25) is 5.12 Å². The predicted molar refractivity (Wildman–Crippen MR) is 85.3 cm³/mol. The molecule has 0 radical (unpaired) electrons. The zero-order valence-electron chi connectivity index (χ0n) is 12.2. The first kappa shape index (κ1) is 17.9. The summed E-state index contributed by atoms with van der Waals surface area (Å²) in [5, 5.41) is 1.35. The van der Waals surface area contributed by atoms with Crippen molar-refractivity contribution < 1.29 is 22.8 Å². The standard InChI is InChI=1S/C16H13F3N2O2S/c17-16(18,19)13(11-7-3-1-4-8-11)20-15(23)21-24-14(22)12-9-5-2-6-10-12/h1-10,13H,(H2,20,21,23). The van der Waals surface area contributed by atoms with E-state index < -0.39 is 23.4 Å². The summed E-state index contributed by atoms with van der Waals surface area (Å²) in [6, 6.07) is 11.8. The van der Waals surface area contributed by atoms with Gasteiger partial charge in [0.05, 0.1) is 0 Å². The maximum atomic E-state index is 13.1. The van der Waals surface area contributed by atoms with Crippen molar-refractivity contribution in [1.29, 1.82) is 0 Å². The van der Waals surface area contributed by atoms with E-state index in [4.69, 9.17) is 0 Å². The maximum Gasteiger partial charge on any atom is 0.412 e. The van der Waals surface area contributed by atoms with Gasteiger partial charge in [0.1, 0.15) is 0 Å². The molecule has 126 valence electrons. The minimum atomic E-state index is -4.66. The Hall–Kier alpha value is -2.48. The quantitative estimate of drug-likeness (QED) is 0.817. The van der Waals surface area contributed by atoms with E-state index in [-0.39, 0.29) is 5.56 Å². The number of amides is 2. The molecule has 2 amide bonds. The lowest BCUT2D eigenvalue weighted by molar-refractivity contribution is -0.154. The molecule has 0 aliphatic carbocycles. The van der Waals surface area contributed by atoms with Gasteiger partial charge in [-0.3, -0.25) is 9.52 Å². The Bertz CT molecular complexity index is 693. The van der Waals surface area contributed by atoms with Gasteiger partial charge in [0, 0.05) is 17.5 Å². The average Bonchev–Trinajstić information content (AvgIpc) is 2.58. The molecule has 2 N–H and O–H groups in total. The van der Waals surface area contributed by atoms with Crippen LogP contribution >= 0.6 is 11.9 Å². The van der Waals surface area contributed by atoms with Crippen LogP contribution in [-0.2, 0) is 0 Å². The molecule has 0 aliphatic rings. The molecule has 0 saturated heterocycles. The van der Waals surface area contributed by atoms with Crippen molar-refractivity contribution in [3.05, 3.63) is 71.8 Å². The third-order valence-electron chi connectivity index (χ3n) is 2.98. The maximum absolute atomic E-state index is 13.1. The lowest BCUT2D eigenvalue weighted by Gasteiger charge is -2.21. The SMILES string of the molecule is O=C(NSC(=O)c1ccccc1)NC(c1ccccc1)C(F)(F)F. The Morgan fingerprint density at radius 3 is 2.00 bits per heavy atom. The highest BCUT2D eigenvalue weighted by Gasteiger charge is 2.41. The number of urea groups is 1. The van der Waals surface area contributed by atoms with Crippen molar-refractivity contribution in [2.45, 2.75) is 12.2 Å². The van der Waals surface area contributed by atoms with Crippen LogP contribution in [-0.4, -0.2) is 17.3 Å². The summed E-state index contributed by atoms with van der Waals surface area (Å²) in [6.45, 7) is 0. The van der Waals surface area contributed by atoms with Crippen LogP contribution in [0.15, 0.2) is 60.7 Å². The Morgan fingerprint density at radius 1 is 0.917 bits per heavy atom. The molecular weight excluding hydrogens is 341 g/mol. The molecule has 2 aromatic rings. The Kier molecular flexibility index (Phi) is 5.86. The van der Waals surface area contributed by atoms with Crippen LogP contribution in [0.4, 0.5) is 18.0 Å². The zero-order valence-corrected chi connectivity index (χ0v) is 13.0. The first-order chi connectivity index (χ1) is 11.4.